The number of furan rings is 1. The normalized spacial score (nSPS) is 21.7. The molecule has 0 bridgehead atoms. The van der Waals surface area contributed by atoms with E-state index in [0.717, 1.165) is 25.1 Å². The average Bonchev–Trinajstić information content (AvgIpc) is 2.64. The molecule has 1 aromatic heterocycles. The Labute approximate surface area is 89.0 Å². The summed E-state index contributed by atoms with van der Waals surface area (Å²) in [6.07, 6.45) is 1.98. The van der Waals surface area contributed by atoms with Gasteiger partial charge in [-0.1, -0.05) is 0 Å². The topological polar surface area (TPSA) is 59.5 Å². The van der Waals surface area contributed by atoms with Gasteiger partial charge in [-0.05, 0) is 31.9 Å². The summed E-state index contributed by atoms with van der Waals surface area (Å²) in [4.78, 5) is 13.7. The lowest BCUT2D eigenvalue weighted by atomic mass is 10.1. The maximum Gasteiger partial charge on any atom is 0.289 e. The molecule has 0 saturated carbocycles. The van der Waals surface area contributed by atoms with Crippen molar-refractivity contribution < 1.29 is 9.21 Å². The van der Waals surface area contributed by atoms with Gasteiger partial charge in [-0.2, -0.15) is 0 Å². The largest absolute Gasteiger partial charge is 0.456 e. The van der Waals surface area contributed by atoms with Crippen LogP contribution in [0.5, 0.6) is 0 Å². The molecule has 0 aliphatic carbocycles. The van der Waals surface area contributed by atoms with E-state index in [1.165, 1.54) is 0 Å². The van der Waals surface area contributed by atoms with Gasteiger partial charge in [0.2, 0.25) is 0 Å². The van der Waals surface area contributed by atoms with Gasteiger partial charge in [-0.15, -0.1) is 0 Å². The Morgan fingerprint density at radius 3 is 3.00 bits per heavy atom. The molecule has 0 aromatic carbocycles. The summed E-state index contributed by atoms with van der Waals surface area (Å²) in [6.45, 7) is 3.25. The van der Waals surface area contributed by atoms with Gasteiger partial charge in [0.15, 0.2) is 5.76 Å². The average molecular weight is 208 g/mol. The molecule has 15 heavy (non-hydrogen) atoms. The lowest BCUT2D eigenvalue weighted by Gasteiger charge is -2.30. The first kappa shape index (κ1) is 10.2. The summed E-state index contributed by atoms with van der Waals surface area (Å²) in [5, 5.41) is 0. The van der Waals surface area contributed by atoms with E-state index in [1.54, 1.807) is 17.0 Å². The number of carbonyl (C=O) groups excluding carboxylic acids is 1. The third-order valence-electron chi connectivity index (χ3n) is 2.70. The van der Waals surface area contributed by atoms with E-state index in [0.29, 0.717) is 12.3 Å². The standard InChI is InChI=1S/C11H16N2O2/c1-8-4-5-10(15-8)11(14)13-6-2-3-9(12)7-13/h4-5,9H,2-3,6-7,12H2,1H3. The minimum absolute atomic E-state index is 0.0433. The van der Waals surface area contributed by atoms with Gasteiger partial charge >= 0.3 is 0 Å². The molecule has 1 amide bonds. The minimum atomic E-state index is -0.0433. The van der Waals surface area contributed by atoms with Crippen molar-refractivity contribution in [2.45, 2.75) is 25.8 Å². The van der Waals surface area contributed by atoms with E-state index in [9.17, 15) is 4.79 Å². The monoisotopic (exact) mass is 208 g/mol. The molecule has 1 aliphatic rings. The van der Waals surface area contributed by atoms with Crippen LogP contribution in [0, 0.1) is 6.92 Å². The maximum absolute atomic E-state index is 11.9. The van der Waals surface area contributed by atoms with Crippen molar-refractivity contribution in [2.75, 3.05) is 13.1 Å². The Morgan fingerprint density at radius 2 is 2.40 bits per heavy atom. The first-order valence-corrected chi connectivity index (χ1v) is 5.28. The second-order valence-corrected chi connectivity index (χ2v) is 4.06. The summed E-state index contributed by atoms with van der Waals surface area (Å²) in [7, 11) is 0. The molecule has 0 spiro atoms. The first-order chi connectivity index (χ1) is 7.16. The quantitative estimate of drug-likeness (QED) is 0.753. The fraction of sp³-hybridized carbons (Fsp3) is 0.545. The first-order valence-electron chi connectivity index (χ1n) is 5.28. The number of nitrogens with two attached hydrogens (primary N) is 1. The number of nitrogens with zero attached hydrogens (tertiary/aromatic N) is 1. The number of carbonyl (C=O) groups is 1. The van der Waals surface area contributed by atoms with Crippen molar-refractivity contribution in [3.05, 3.63) is 23.7 Å². The number of likely N-dealkylation sites (tertiary alicyclic amines) is 1. The highest BCUT2D eigenvalue weighted by Gasteiger charge is 2.23. The number of hydrogen-bond acceptors (Lipinski definition) is 3. The molecule has 0 radical (unpaired) electrons. The molecule has 2 N–H and O–H groups in total. The summed E-state index contributed by atoms with van der Waals surface area (Å²) in [5.41, 5.74) is 5.82. The molecule has 82 valence electrons. The molecule has 1 atom stereocenters. The van der Waals surface area contributed by atoms with E-state index in [1.807, 2.05) is 6.92 Å². The number of amides is 1. The lowest BCUT2D eigenvalue weighted by Crippen LogP contribution is -2.45. The van der Waals surface area contributed by atoms with Crippen LogP contribution in [0.4, 0.5) is 0 Å². The summed E-state index contributed by atoms with van der Waals surface area (Å²) >= 11 is 0. The van der Waals surface area contributed by atoms with E-state index < -0.39 is 0 Å². The minimum Gasteiger partial charge on any atom is -0.456 e. The van der Waals surface area contributed by atoms with Crippen LogP contribution in [-0.2, 0) is 0 Å². The van der Waals surface area contributed by atoms with Crippen LogP contribution in [-0.4, -0.2) is 29.9 Å². The highest BCUT2D eigenvalue weighted by molar-refractivity contribution is 5.91. The molecular formula is C11H16N2O2. The fourth-order valence-electron chi connectivity index (χ4n) is 1.90. The van der Waals surface area contributed by atoms with Crippen molar-refractivity contribution in [1.29, 1.82) is 0 Å². The van der Waals surface area contributed by atoms with Crippen LogP contribution in [0.15, 0.2) is 16.5 Å². The fourth-order valence-corrected chi connectivity index (χ4v) is 1.90. The van der Waals surface area contributed by atoms with Crippen LogP contribution < -0.4 is 5.73 Å². The molecule has 4 nitrogen and oxygen atoms in total. The molecule has 1 fully saturated rings. The SMILES string of the molecule is Cc1ccc(C(=O)N2CCCC(N)C2)o1. The number of piperidine rings is 1. The Balaban J connectivity index is 2.07. The van der Waals surface area contributed by atoms with Crippen LogP contribution >= 0.6 is 0 Å². The van der Waals surface area contributed by atoms with Crippen LogP contribution in [0.25, 0.3) is 0 Å². The van der Waals surface area contributed by atoms with Crippen molar-refractivity contribution in [3.8, 4) is 0 Å². The highest BCUT2D eigenvalue weighted by Crippen LogP contribution is 2.14. The molecule has 2 heterocycles. The Hall–Kier alpha value is -1.29. The van der Waals surface area contributed by atoms with E-state index >= 15 is 0 Å². The number of aryl methyl sites for hydroxylation is 1. The molecule has 2 rings (SSSR count). The summed E-state index contributed by atoms with van der Waals surface area (Å²) in [5.74, 6) is 1.14. The third kappa shape index (κ3) is 2.21. The Kier molecular flexibility index (Phi) is 2.77. The van der Waals surface area contributed by atoms with Gasteiger partial charge in [0, 0.05) is 19.1 Å². The van der Waals surface area contributed by atoms with E-state index in [4.69, 9.17) is 10.2 Å². The van der Waals surface area contributed by atoms with Gasteiger partial charge in [-0.25, -0.2) is 0 Å². The van der Waals surface area contributed by atoms with Crippen molar-refractivity contribution in [3.63, 3.8) is 0 Å². The van der Waals surface area contributed by atoms with E-state index in [-0.39, 0.29) is 11.9 Å². The van der Waals surface area contributed by atoms with Crippen LogP contribution in [0.2, 0.25) is 0 Å². The van der Waals surface area contributed by atoms with Crippen molar-refractivity contribution in [2.24, 2.45) is 5.73 Å². The van der Waals surface area contributed by atoms with Crippen LogP contribution in [0.1, 0.15) is 29.2 Å². The summed E-state index contributed by atoms with van der Waals surface area (Å²) < 4.78 is 5.30. The lowest BCUT2D eigenvalue weighted by molar-refractivity contribution is 0.0675. The van der Waals surface area contributed by atoms with Crippen molar-refractivity contribution >= 4 is 5.91 Å². The zero-order chi connectivity index (χ0) is 10.8. The zero-order valence-electron chi connectivity index (χ0n) is 8.90. The zero-order valence-corrected chi connectivity index (χ0v) is 8.90. The Morgan fingerprint density at radius 1 is 1.60 bits per heavy atom. The molecule has 1 unspecified atom stereocenters. The second-order valence-electron chi connectivity index (χ2n) is 4.06. The van der Waals surface area contributed by atoms with Gasteiger partial charge in [0.25, 0.3) is 5.91 Å². The number of hydrogen-bond donors (Lipinski definition) is 1. The predicted octanol–water partition coefficient (Wildman–Crippen LogP) is 1.15. The van der Waals surface area contributed by atoms with E-state index in [2.05, 4.69) is 0 Å². The van der Waals surface area contributed by atoms with Gasteiger partial charge in [0.1, 0.15) is 5.76 Å². The highest BCUT2D eigenvalue weighted by atomic mass is 16.3. The Bertz CT molecular complexity index is 359. The molecular weight excluding hydrogens is 192 g/mol. The molecule has 4 heteroatoms. The van der Waals surface area contributed by atoms with Crippen LogP contribution in [0.3, 0.4) is 0 Å². The van der Waals surface area contributed by atoms with Crippen molar-refractivity contribution in [1.82, 2.24) is 4.90 Å². The second kappa shape index (κ2) is 4.06. The summed E-state index contributed by atoms with van der Waals surface area (Å²) in [6, 6.07) is 3.63. The maximum atomic E-state index is 11.9. The van der Waals surface area contributed by atoms with Gasteiger partial charge < -0.3 is 15.1 Å². The smallest absolute Gasteiger partial charge is 0.289 e. The number of rotatable bonds is 1. The molecule has 1 aliphatic heterocycles. The van der Waals surface area contributed by atoms with Gasteiger partial charge in [-0.3, -0.25) is 4.79 Å². The molecule has 1 saturated heterocycles. The van der Waals surface area contributed by atoms with Gasteiger partial charge in [0.05, 0.1) is 0 Å². The third-order valence-corrected chi connectivity index (χ3v) is 2.70. The molecule has 1 aromatic rings. The predicted molar refractivity (Wildman–Crippen MR) is 56.6 cm³/mol.